The van der Waals surface area contributed by atoms with Crippen LogP contribution in [0, 0.1) is 11.7 Å². The number of hydrogen-bond acceptors (Lipinski definition) is 7. The molecule has 5 rings (SSSR count). The minimum absolute atomic E-state index is 0.00696. The lowest BCUT2D eigenvalue weighted by Crippen LogP contribution is -2.26. The second-order valence-electron chi connectivity index (χ2n) is 8.52. The van der Waals surface area contributed by atoms with Crippen molar-refractivity contribution < 1.29 is 18.7 Å². The number of aromatic nitrogens is 3. The second kappa shape index (κ2) is 11.0. The third-order valence-corrected chi connectivity index (χ3v) is 6.38. The Morgan fingerprint density at radius 1 is 1.29 bits per heavy atom. The van der Waals surface area contributed by atoms with E-state index in [0.717, 1.165) is 19.0 Å². The Kier molecular flexibility index (Phi) is 7.82. The number of nitrogens with one attached hydrogen (secondary N) is 1. The summed E-state index contributed by atoms with van der Waals surface area (Å²) in [4.78, 5) is 30.8. The second-order valence-corrected chi connectivity index (χ2v) is 8.93. The van der Waals surface area contributed by atoms with Crippen molar-refractivity contribution in [2.75, 3.05) is 18.5 Å². The number of ether oxygens (including phenoxy) is 2. The normalized spacial score (nSPS) is 15.5. The molecule has 1 aliphatic carbocycles. The largest absolute Gasteiger partial charge is 0.488 e. The number of fused-ring (bicyclic) bond motifs is 2. The van der Waals surface area contributed by atoms with Crippen molar-refractivity contribution in [2.45, 2.75) is 38.6 Å². The van der Waals surface area contributed by atoms with E-state index in [9.17, 15) is 14.0 Å². The molecule has 0 bridgehead atoms. The van der Waals surface area contributed by atoms with Gasteiger partial charge >= 0.3 is 0 Å². The van der Waals surface area contributed by atoms with Crippen molar-refractivity contribution in [3.05, 3.63) is 51.3 Å². The molecule has 1 fully saturated rings. The summed E-state index contributed by atoms with van der Waals surface area (Å²) in [6.07, 6.45) is 7.12. The van der Waals surface area contributed by atoms with Crippen LogP contribution in [0.25, 0.3) is 11.0 Å². The number of pyridine rings is 3. The van der Waals surface area contributed by atoms with Gasteiger partial charge in [0.2, 0.25) is 0 Å². The van der Waals surface area contributed by atoms with Crippen LogP contribution in [-0.2, 0) is 18.4 Å². The van der Waals surface area contributed by atoms with E-state index in [1.54, 1.807) is 19.2 Å². The number of nitrogens with zero attached hydrogens (tertiary/aromatic N) is 3. The molecule has 3 aromatic heterocycles. The summed E-state index contributed by atoms with van der Waals surface area (Å²) in [5, 5.41) is 3.02. The summed E-state index contributed by atoms with van der Waals surface area (Å²) in [6.45, 7) is 0.716. The molecule has 0 spiro atoms. The minimum atomic E-state index is -0.514. The molecule has 1 saturated carbocycles. The highest BCUT2D eigenvalue weighted by Gasteiger charge is 2.20. The van der Waals surface area contributed by atoms with Gasteiger partial charge < -0.3 is 25.1 Å². The van der Waals surface area contributed by atoms with Gasteiger partial charge in [-0.05, 0) is 24.8 Å². The van der Waals surface area contributed by atoms with Crippen LogP contribution in [0.1, 0.15) is 37.8 Å². The fourth-order valence-corrected chi connectivity index (χ4v) is 4.37. The first kappa shape index (κ1) is 24.9. The predicted octanol–water partition coefficient (Wildman–Crippen LogP) is 3.56. The number of amides is 1. The molecule has 9 nitrogen and oxygen atoms in total. The summed E-state index contributed by atoms with van der Waals surface area (Å²) in [6, 6.07) is 4.63. The van der Waals surface area contributed by atoms with Gasteiger partial charge in [0, 0.05) is 25.7 Å². The van der Waals surface area contributed by atoms with Crippen LogP contribution in [0.4, 0.5) is 10.2 Å². The third kappa shape index (κ3) is 5.71. The smallest absolute Gasteiger partial charge is 0.263 e. The Morgan fingerprint density at radius 3 is 2.80 bits per heavy atom. The van der Waals surface area contributed by atoms with E-state index in [1.165, 1.54) is 29.9 Å². The van der Waals surface area contributed by atoms with Gasteiger partial charge in [0.1, 0.15) is 5.52 Å². The van der Waals surface area contributed by atoms with E-state index in [4.69, 9.17) is 26.8 Å². The number of carbonyl (C=O) groups excluding carboxylic acids is 1. The molecule has 186 valence electrons. The van der Waals surface area contributed by atoms with E-state index in [2.05, 4.69) is 15.3 Å². The molecule has 0 unspecified atom stereocenters. The number of nitrogens with two attached hydrogens (primary N) is 1. The monoisotopic (exact) mass is 503 g/mol. The molecule has 35 heavy (non-hydrogen) atoms. The zero-order valence-electron chi connectivity index (χ0n) is 19.4. The lowest BCUT2D eigenvalue weighted by molar-refractivity contribution is -0.118. The standard InChI is InChI=1S/C16H19FN2O2.C8H8ClN3O2/c1-19-14(20)8-7-13-15(19)16(12(17)9-18-13)21-10-11-5-3-2-4-6-11;9-4-1-6-8(11-5(4)2-10)12-7(13)3-14-6/h7-9,11H,2-6,10H2,1H3;1H,2-3,10H2,(H,11,12,13). The van der Waals surface area contributed by atoms with Gasteiger partial charge in [-0.15, -0.1) is 0 Å². The zero-order valence-corrected chi connectivity index (χ0v) is 20.1. The maximum atomic E-state index is 14.1. The van der Waals surface area contributed by atoms with Crippen molar-refractivity contribution in [1.29, 1.82) is 0 Å². The Hall–Kier alpha value is -3.24. The van der Waals surface area contributed by atoms with Gasteiger partial charge in [-0.1, -0.05) is 30.9 Å². The van der Waals surface area contributed by atoms with Crippen molar-refractivity contribution in [1.82, 2.24) is 14.5 Å². The van der Waals surface area contributed by atoms with Crippen molar-refractivity contribution >= 4 is 34.4 Å². The number of anilines is 1. The van der Waals surface area contributed by atoms with Crippen LogP contribution in [0.15, 0.2) is 29.2 Å². The molecule has 0 radical (unpaired) electrons. The molecule has 0 aromatic carbocycles. The van der Waals surface area contributed by atoms with Crippen LogP contribution in [0.3, 0.4) is 0 Å². The first-order chi connectivity index (χ1) is 16.9. The maximum Gasteiger partial charge on any atom is 0.263 e. The van der Waals surface area contributed by atoms with Crippen LogP contribution in [0.5, 0.6) is 11.5 Å². The zero-order chi connectivity index (χ0) is 24.9. The number of halogens is 2. The molecule has 0 atom stereocenters. The summed E-state index contributed by atoms with van der Waals surface area (Å²) in [5.41, 5.74) is 6.76. The van der Waals surface area contributed by atoms with Crippen molar-refractivity contribution in [2.24, 2.45) is 18.7 Å². The predicted molar refractivity (Wildman–Crippen MR) is 130 cm³/mol. The Balaban J connectivity index is 0.000000179. The quantitative estimate of drug-likeness (QED) is 0.558. The van der Waals surface area contributed by atoms with Crippen molar-refractivity contribution in [3.63, 3.8) is 0 Å². The number of carbonyl (C=O) groups is 1. The van der Waals surface area contributed by atoms with Gasteiger partial charge in [0.25, 0.3) is 11.5 Å². The Morgan fingerprint density at radius 2 is 2.06 bits per heavy atom. The number of rotatable bonds is 4. The van der Waals surface area contributed by atoms with Gasteiger partial charge in [-0.3, -0.25) is 14.6 Å². The molecule has 4 heterocycles. The first-order valence-electron chi connectivity index (χ1n) is 11.5. The lowest BCUT2D eigenvalue weighted by Gasteiger charge is -2.22. The molecule has 1 aliphatic heterocycles. The van der Waals surface area contributed by atoms with E-state index < -0.39 is 5.82 Å². The minimum Gasteiger partial charge on any atom is -0.488 e. The number of hydrogen-bond donors (Lipinski definition) is 2. The van der Waals surface area contributed by atoms with Crippen LogP contribution < -0.4 is 26.1 Å². The highest BCUT2D eigenvalue weighted by atomic mass is 35.5. The molecular weight excluding hydrogens is 477 g/mol. The van der Waals surface area contributed by atoms with Gasteiger partial charge in [-0.25, -0.2) is 9.37 Å². The van der Waals surface area contributed by atoms with E-state index in [0.29, 0.717) is 45.8 Å². The first-order valence-corrected chi connectivity index (χ1v) is 11.8. The Labute approximate surface area is 206 Å². The summed E-state index contributed by atoms with van der Waals surface area (Å²) < 4.78 is 26.3. The molecular formula is C24H27ClFN5O4. The maximum absolute atomic E-state index is 14.1. The van der Waals surface area contributed by atoms with Crippen molar-refractivity contribution in [3.8, 4) is 11.5 Å². The molecule has 1 amide bonds. The fraction of sp³-hybridized carbons (Fsp3) is 0.417. The third-order valence-electron chi connectivity index (χ3n) is 6.05. The molecule has 0 saturated heterocycles. The average Bonchev–Trinajstić information content (AvgIpc) is 2.86. The SMILES string of the molecule is Cn1c(=O)ccc2ncc(F)c(OCC3CCCCC3)c21.NCc1nc2c(cc1Cl)OCC(=O)N2. The van der Waals surface area contributed by atoms with E-state index in [1.807, 2.05) is 0 Å². The van der Waals surface area contributed by atoms with Gasteiger partial charge in [0.15, 0.2) is 29.7 Å². The fourth-order valence-electron chi connectivity index (χ4n) is 4.15. The summed E-state index contributed by atoms with van der Waals surface area (Å²) >= 11 is 5.86. The van der Waals surface area contributed by atoms with Crippen LogP contribution in [-0.4, -0.2) is 33.7 Å². The van der Waals surface area contributed by atoms with Gasteiger partial charge in [0.05, 0.1) is 29.0 Å². The summed E-state index contributed by atoms with van der Waals surface area (Å²) in [7, 11) is 1.61. The van der Waals surface area contributed by atoms with E-state index in [-0.39, 0.29) is 30.4 Å². The number of aryl methyl sites for hydroxylation is 1. The lowest BCUT2D eigenvalue weighted by atomic mass is 9.90. The topological polar surface area (TPSA) is 121 Å². The Bertz CT molecular complexity index is 1290. The highest BCUT2D eigenvalue weighted by molar-refractivity contribution is 6.31. The van der Waals surface area contributed by atoms with Gasteiger partial charge in [-0.2, -0.15) is 0 Å². The van der Waals surface area contributed by atoms with E-state index >= 15 is 0 Å². The van der Waals surface area contributed by atoms with Crippen LogP contribution >= 0.6 is 11.6 Å². The summed E-state index contributed by atoms with van der Waals surface area (Å²) in [5.74, 6) is 0.737. The molecule has 11 heteroatoms. The molecule has 3 aromatic rings. The highest BCUT2D eigenvalue weighted by Crippen LogP contribution is 2.31. The molecule has 2 aliphatic rings. The average molecular weight is 504 g/mol. The molecule has 3 N–H and O–H groups in total. The van der Waals surface area contributed by atoms with Crippen LogP contribution in [0.2, 0.25) is 5.02 Å².